The predicted octanol–water partition coefficient (Wildman–Crippen LogP) is 12.9. The molecule has 0 spiro atoms. The summed E-state index contributed by atoms with van der Waals surface area (Å²) in [5, 5.41) is 7.08. The third-order valence-electron chi connectivity index (χ3n) is 10.9. The largest absolute Gasteiger partial charge is 0.228 e. The topological polar surface area (TPSA) is 25.8 Å². The molecule has 0 fully saturated rings. The lowest BCUT2D eigenvalue weighted by atomic mass is 9.81. The Labute approximate surface area is 297 Å². The zero-order valence-electron chi connectivity index (χ0n) is 28.6. The first kappa shape index (κ1) is 29.5. The van der Waals surface area contributed by atoms with Crippen LogP contribution >= 0.6 is 0 Å². The highest BCUT2D eigenvalue weighted by atomic mass is 14.9. The quantitative estimate of drug-likeness (QED) is 0.140. The van der Waals surface area contributed by atoms with E-state index < -0.39 is 0 Å². The van der Waals surface area contributed by atoms with Gasteiger partial charge in [-0.3, -0.25) is 0 Å². The number of hydrogen-bond donors (Lipinski definition) is 0. The number of aromatic nitrogens is 2. The molecule has 0 N–H and O–H groups in total. The van der Waals surface area contributed by atoms with Crippen molar-refractivity contribution in [1.29, 1.82) is 0 Å². The lowest BCUT2D eigenvalue weighted by Gasteiger charge is -2.22. The zero-order chi connectivity index (χ0) is 34.1. The van der Waals surface area contributed by atoms with Crippen LogP contribution in [0.5, 0.6) is 0 Å². The summed E-state index contributed by atoms with van der Waals surface area (Å²) in [6.07, 6.45) is 0. The van der Waals surface area contributed by atoms with E-state index in [9.17, 15) is 0 Å². The van der Waals surface area contributed by atoms with Gasteiger partial charge < -0.3 is 0 Å². The van der Waals surface area contributed by atoms with Gasteiger partial charge in [0.1, 0.15) is 0 Å². The summed E-state index contributed by atoms with van der Waals surface area (Å²) in [6, 6.07) is 61.1. The van der Waals surface area contributed by atoms with E-state index >= 15 is 0 Å². The van der Waals surface area contributed by atoms with Crippen LogP contribution < -0.4 is 0 Å². The lowest BCUT2D eigenvalue weighted by molar-refractivity contribution is 0.660. The molecule has 0 aliphatic heterocycles. The number of rotatable bonds is 4. The third kappa shape index (κ3) is 4.57. The minimum Gasteiger partial charge on any atom is -0.228 e. The van der Waals surface area contributed by atoms with Gasteiger partial charge in [0.15, 0.2) is 5.82 Å². The second kappa shape index (κ2) is 11.3. The number of benzene rings is 8. The molecule has 2 heteroatoms. The Morgan fingerprint density at radius 3 is 1.84 bits per heavy atom. The van der Waals surface area contributed by atoms with Crippen LogP contribution in [-0.2, 0) is 5.41 Å². The van der Waals surface area contributed by atoms with Crippen molar-refractivity contribution in [3.63, 3.8) is 0 Å². The van der Waals surface area contributed by atoms with E-state index in [1.54, 1.807) is 0 Å². The molecular weight excluding hydrogens is 617 g/mol. The Hall–Kier alpha value is -6.38. The van der Waals surface area contributed by atoms with E-state index in [4.69, 9.17) is 9.97 Å². The molecule has 1 heterocycles. The Morgan fingerprint density at radius 2 is 1.00 bits per heavy atom. The van der Waals surface area contributed by atoms with Crippen LogP contribution in [0.15, 0.2) is 170 Å². The van der Waals surface area contributed by atoms with Gasteiger partial charge in [-0.2, -0.15) is 0 Å². The van der Waals surface area contributed by atoms with E-state index in [1.165, 1.54) is 60.3 Å². The molecule has 240 valence electrons. The first-order valence-electron chi connectivity index (χ1n) is 17.7. The Bertz CT molecular complexity index is 2830. The van der Waals surface area contributed by atoms with Gasteiger partial charge in [0.25, 0.3) is 0 Å². The van der Waals surface area contributed by atoms with Gasteiger partial charge in [0.2, 0.25) is 0 Å². The van der Waals surface area contributed by atoms with Crippen molar-refractivity contribution in [2.75, 3.05) is 0 Å². The minimum absolute atomic E-state index is 0.0857. The van der Waals surface area contributed by atoms with Crippen molar-refractivity contribution in [2.24, 2.45) is 0 Å². The summed E-state index contributed by atoms with van der Waals surface area (Å²) in [6.45, 7) is 4.68. The van der Waals surface area contributed by atoms with Crippen molar-refractivity contribution in [1.82, 2.24) is 9.97 Å². The maximum absolute atomic E-state index is 5.55. The summed E-state index contributed by atoms with van der Waals surface area (Å²) in [4.78, 5) is 11.0. The summed E-state index contributed by atoms with van der Waals surface area (Å²) >= 11 is 0. The molecular formula is C49H34N2. The van der Waals surface area contributed by atoms with Gasteiger partial charge in [0.05, 0.1) is 11.4 Å². The monoisotopic (exact) mass is 650 g/mol. The first-order chi connectivity index (χ1) is 25.1. The zero-order valence-corrected chi connectivity index (χ0v) is 28.6. The molecule has 0 bridgehead atoms. The van der Waals surface area contributed by atoms with Crippen LogP contribution in [0.2, 0.25) is 0 Å². The SMILES string of the molecule is CC1(C)c2ccccc2-c2c(-c3ccccc3-c3cc(-c4ccccc4)nc(-c4c5ccccc5cc5ccc6ccccc6c45)n3)cccc21. The van der Waals surface area contributed by atoms with Crippen molar-refractivity contribution in [2.45, 2.75) is 19.3 Å². The highest BCUT2D eigenvalue weighted by molar-refractivity contribution is 6.21. The fourth-order valence-electron chi connectivity index (χ4n) is 8.45. The molecule has 0 atom stereocenters. The summed E-state index contributed by atoms with van der Waals surface area (Å²) in [7, 11) is 0. The van der Waals surface area contributed by atoms with Crippen molar-refractivity contribution >= 4 is 32.3 Å². The first-order valence-corrected chi connectivity index (χ1v) is 17.7. The second-order valence-corrected chi connectivity index (χ2v) is 14.1. The Kier molecular flexibility index (Phi) is 6.56. The standard InChI is InChI=1S/C49H34N2/c1-49(2)41-25-13-12-23-40(41)46-39(24-14-26-42(46)49)37-21-10-11-22-38(37)44-30-43(32-16-4-3-5-17-32)50-48(51-44)47-36-20-9-7-18-33(36)29-34-28-27-31-15-6-8-19-35(31)45(34)47/h3-30H,1-2H3. The van der Waals surface area contributed by atoms with E-state index in [-0.39, 0.29) is 5.41 Å². The van der Waals surface area contributed by atoms with Crippen LogP contribution in [0.25, 0.3) is 88.5 Å². The van der Waals surface area contributed by atoms with E-state index in [2.05, 4.69) is 184 Å². The fraction of sp³-hybridized carbons (Fsp3) is 0.0612. The average molecular weight is 651 g/mol. The molecule has 2 nitrogen and oxygen atoms in total. The second-order valence-electron chi connectivity index (χ2n) is 14.1. The van der Waals surface area contributed by atoms with Crippen molar-refractivity contribution in [3.8, 4) is 56.2 Å². The molecule has 0 unspecified atom stereocenters. The number of nitrogens with zero attached hydrogens (tertiary/aromatic N) is 2. The predicted molar refractivity (Wildman–Crippen MR) is 214 cm³/mol. The smallest absolute Gasteiger partial charge is 0.161 e. The fourth-order valence-corrected chi connectivity index (χ4v) is 8.45. The van der Waals surface area contributed by atoms with E-state index in [0.717, 1.165) is 39.3 Å². The number of fused-ring (bicyclic) bond motifs is 7. The van der Waals surface area contributed by atoms with Gasteiger partial charge in [-0.1, -0.05) is 172 Å². The molecule has 8 aromatic carbocycles. The van der Waals surface area contributed by atoms with Gasteiger partial charge in [0, 0.05) is 27.5 Å². The molecule has 51 heavy (non-hydrogen) atoms. The molecule has 0 radical (unpaired) electrons. The molecule has 1 aromatic heterocycles. The molecule has 1 aliphatic carbocycles. The van der Waals surface area contributed by atoms with Gasteiger partial charge in [-0.25, -0.2) is 9.97 Å². The number of hydrogen-bond acceptors (Lipinski definition) is 2. The van der Waals surface area contributed by atoms with Gasteiger partial charge in [-0.15, -0.1) is 0 Å². The Balaban J connectivity index is 1.29. The average Bonchev–Trinajstić information content (AvgIpc) is 3.43. The van der Waals surface area contributed by atoms with E-state index in [1.807, 2.05) is 0 Å². The van der Waals surface area contributed by atoms with Crippen LogP contribution in [0.1, 0.15) is 25.0 Å². The summed E-state index contributed by atoms with van der Waals surface area (Å²) < 4.78 is 0. The normalized spacial score (nSPS) is 13.1. The van der Waals surface area contributed by atoms with Crippen LogP contribution in [0.4, 0.5) is 0 Å². The highest BCUT2D eigenvalue weighted by Gasteiger charge is 2.36. The maximum atomic E-state index is 5.55. The Morgan fingerprint density at radius 1 is 0.392 bits per heavy atom. The van der Waals surface area contributed by atoms with Gasteiger partial charge >= 0.3 is 0 Å². The molecule has 0 saturated carbocycles. The highest BCUT2D eigenvalue weighted by Crippen LogP contribution is 2.53. The summed E-state index contributed by atoms with van der Waals surface area (Å²) in [5.74, 6) is 0.726. The molecule has 9 aromatic rings. The summed E-state index contributed by atoms with van der Waals surface area (Å²) in [5.41, 5.74) is 12.7. The molecule has 0 amide bonds. The van der Waals surface area contributed by atoms with Gasteiger partial charge in [-0.05, 0) is 72.4 Å². The van der Waals surface area contributed by atoms with Crippen molar-refractivity contribution in [3.05, 3.63) is 181 Å². The van der Waals surface area contributed by atoms with Crippen LogP contribution in [0, 0.1) is 0 Å². The maximum Gasteiger partial charge on any atom is 0.161 e. The van der Waals surface area contributed by atoms with Crippen LogP contribution in [0.3, 0.4) is 0 Å². The van der Waals surface area contributed by atoms with Crippen molar-refractivity contribution < 1.29 is 0 Å². The lowest BCUT2D eigenvalue weighted by Crippen LogP contribution is -2.14. The minimum atomic E-state index is -0.0857. The molecule has 0 saturated heterocycles. The van der Waals surface area contributed by atoms with E-state index in [0.29, 0.717) is 0 Å². The molecule has 1 aliphatic rings. The molecule has 10 rings (SSSR count). The third-order valence-corrected chi connectivity index (χ3v) is 10.9. The van der Waals surface area contributed by atoms with Crippen LogP contribution in [-0.4, -0.2) is 9.97 Å².